The third kappa shape index (κ3) is 4.89. The number of β-lactam (4-membered cyclic amide) rings is 1. The quantitative estimate of drug-likeness (QED) is 0.174. The number of carbonyl (C=O) groups is 3. The van der Waals surface area contributed by atoms with Crippen LogP contribution in [-0.2, 0) is 30.8 Å². The minimum atomic E-state index is -3.99. The number of sulfonamides is 1. The summed E-state index contributed by atoms with van der Waals surface area (Å²) in [6.07, 6.45) is -0.161. The van der Waals surface area contributed by atoms with E-state index in [1.165, 1.54) is 16.1 Å². The van der Waals surface area contributed by atoms with Crippen molar-refractivity contribution in [2.45, 2.75) is 37.3 Å². The first-order valence-corrected chi connectivity index (χ1v) is 16.8. The van der Waals surface area contributed by atoms with E-state index in [0.29, 0.717) is 23.2 Å². The van der Waals surface area contributed by atoms with Crippen molar-refractivity contribution in [2.75, 3.05) is 63.2 Å². The van der Waals surface area contributed by atoms with Gasteiger partial charge in [-0.05, 0) is 35.6 Å². The number of benzene rings is 2. The summed E-state index contributed by atoms with van der Waals surface area (Å²) in [5.41, 5.74) is 7.29. The van der Waals surface area contributed by atoms with Gasteiger partial charge in [0.25, 0.3) is 15.9 Å². The van der Waals surface area contributed by atoms with Gasteiger partial charge in [-0.1, -0.05) is 25.1 Å². The summed E-state index contributed by atoms with van der Waals surface area (Å²) in [7, 11) is -3.99. The van der Waals surface area contributed by atoms with Crippen LogP contribution in [0.3, 0.4) is 0 Å². The number of nitrogens with zero attached hydrogens (tertiary/aromatic N) is 4. The topological polar surface area (TPSA) is 158 Å². The molecule has 0 aromatic heterocycles. The normalized spacial score (nSPS) is 30.8. The van der Waals surface area contributed by atoms with Gasteiger partial charge >= 0.3 is 5.97 Å². The zero-order valence-electron chi connectivity index (χ0n) is 25.7. The number of carboxylic acids is 1. The number of fused-ring (bicyclic) bond motifs is 4. The van der Waals surface area contributed by atoms with Gasteiger partial charge in [0.2, 0.25) is 5.91 Å². The second kappa shape index (κ2) is 11.6. The zero-order valence-corrected chi connectivity index (χ0v) is 28.1. The highest BCUT2D eigenvalue weighted by Gasteiger charge is 2.60. The molecule has 0 spiro atoms. The number of aliphatic hydroxyl groups is 1. The average molecular weight is 697 g/mol. The Hall–Kier alpha value is -2.94. The van der Waals surface area contributed by atoms with Crippen LogP contribution >= 0.6 is 0 Å². The number of halogens is 2. The Morgan fingerprint density at radius 1 is 1.04 bits per heavy atom. The molecule has 4 atom stereocenters. The van der Waals surface area contributed by atoms with Crippen LogP contribution in [-0.4, -0.2) is 121 Å². The van der Waals surface area contributed by atoms with Gasteiger partial charge in [-0.25, -0.2) is 13.2 Å². The first-order chi connectivity index (χ1) is 20.8. The Morgan fingerprint density at radius 3 is 2.26 bits per heavy atom. The molecule has 2 bridgehead atoms. The fraction of sp³-hybridized carbons (Fsp3) is 0.516. The van der Waals surface area contributed by atoms with Gasteiger partial charge in [0.15, 0.2) is 6.54 Å². The number of quaternary nitrogens is 2. The van der Waals surface area contributed by atoms with Gasteiger partial charge in [-0.3, -0.25) is 13.9 Å². The van der Waals surface area contributed by atoms with Crippen LogP contribution < -0.4 is 34.9 Å². The number of carbonyl (C=O) groups excluding carboxylic acids is 2. The molecule has 0 aliphatic carbocycles. The number of aliphatic carboxylic acids is 1. The number of piperazine rings is 3. The van der Waals surface area contributed by atoms with Crippen molar-refractivity contribution >= 4 is 44.3 Å². The lowest BCUT2D eigenvalue weighted by Crippen LogP contribution is -3.00. The van der Waals surface area contributed by atoms with Crippen LogP contribution in [0, 0.1) is 11.8 Å². The molecule has 2 aromatic rings. The minimum Gasteiger partial charge on any atom is -1.00 e. The molecule has 15 heteroatoms. The van der Waals surface area contributed by atoms with Crippen LogP contribution in [0.2, 0.25) is 0 Å². The standard InChI is InChI=1S/C31H37N5O7S.2ClH/c1-18-22(29(31(40)41)34-28(18)26(19(2)37)30(34)39)16-33-23-7-6-20(21-4-3-5-24(27(21)23)44(33,42)43)8-9-35-10-13-36(14-11-35,15-12-35)17-25(32)38;;/h3-7,18-19,26,28,37H,8-17H2,1-2H3,(H-2,32,38,40,41);2*1H/t18-,19+,26+,28+,35?,36?;;/m0../s1. The van der Waals surface area contributed by atoms with E-state index in [2.05, 4.69) is 0 Å². The van der Waals surface area contributed by atoms with E-state index in [1.54, 1.807) is 19.1 Å². The third-order valence-corrected chi connectivity index (χ3v) is 13.0. The summed E-state index contributed by atoms with van der Waals surface area (Å²) in [6, 6.07) is 8.61. The number of hydrogen-bond acceptors (Lipinski definition) is 6. The van der Waals surface area contributed by atoms with E-state index in [4.69, 9.17) is 5.73 Å². The van der Waals surface area contributed by atoms with Crippen molar-refractivity contribution in [3.05, 3.63) is 47.2 Å². The van der Waals surface area contributed by atoms with Gasteiger partial charge in [-0.2, -0.15) is 0 Å². The predicted molar refractivity (Wildman–Crippen MR) is 160 cm³/mol. The van der Waals surface area contributed by atoms with Crippen LogP contribution in [0.4, 0.5) is 5.69 Å². The largest absolute Gasteiger partial charge is 1.00 e. The molecule has 0 radical (unpaired) electrons. The first-order valence-electron chi connectivity index (χ1n) is 15.3. The Balaban J connectivity index is 0.00000208. The fourth-order valence-corrected chi connectivity index (χ4v) is 10.4. The van der Waals surface area contributed by atoms with Crippen molar-refractivity contribution in [1.29, 1.82) is 0 Å². The molecule has 4 N–H and O–H groups in total. The Bertz CT molecular complexity index is 1760. The van der Waals surface area contributed by atoms with Gasteiger partial charge in [-0.15, -0.1) is 0 Å². The molecule has 4 fully saturated rings. The maximum Gasteiger partial charge on any atom is 0.352 e. The zero-order chi connectivity index (χ0) is 31.3. The van der Waals surface area contributed by atoms with Crippen LogP contribution in [0.1, 0.15) is 19.4 Å². The number of amides is 2. The fourth-order valence-electron chi connectivity index (χ4n) is 8.69. The number of rotatable bonds is 9. The van der Waals surface area contributed by atoms with Gasteiger partial charge < -0.3 is 54.6 Å². The number of anilines is 1. The van der Waals surface area contributed by atoms with Crippen LogP contribution in [0.25, 0.3) is 10.8 Å². The maximum atomic E-state index is 14.0. The van der Waals surface area contributed by atoms with Crippen molar-refractivity contribution in [1.82, 2.24) is 4.90 Å². The molecular weight excluding hydrogens is 657 g/mol. The molecule has 12 nitrogen and oxygen atoms in total. The molecule has 2 amide bonds. The Labute approximate surface area is 280 Å². The van der Waals surface area contributed by atoms with E-state index in [9.17, 15) is 33.0 Å². The second-order valence-corrected chi connectivity index (χ2v) is 15.3. The lowest BCUT2D eigenvalue weighted by Gasteiger charge is -2.55. The molecule has 8 rings (SSSR count). The molecule has 0 unspecified atom stereocenters. The summed E-state index contributed by atoms with van der Waals surface area (Å²) in [5.74, 6) is -3.14. The molecule has 2 aromatic carbocycles. The highest BCUT2D eigenvalue weighted by atomic mass is 35.5. The van der Waals surface area contributed by atoms with E-state index in [1.807, 2.05) is 18.2 Å². The van der Waals surface area contributed by atoms with E-state index in [-0.39, 0.29) is 47.9 Å². The van der Waals surface area contributed by atoms with Crippen molar-refractivity contribution < 1.29 is 66.8 Å². The molecular formula is C31H39Cl2N5O7S. The average Bonchev–Trinajstić information content (AvgIpc) is 3.34. The van der Waals surface area contributed by atoms with E-state index in [0.717, 1.165) is 72.1 Å². The Kier molecular flexibility index (Phi) is 8.70. The lowest BCUT2D eigenvalue weighted by molar-refractivity contribution is -1.08. The highest BCUT2D eigenvalue weighted by Crippen LogP contribution is 2.50. The van der Waals surface area contributed by atoms with E-state index >= 15 is 0 Å². The Morgan fingerprint density at radius 2 is 1.67 bits per heavy atom. The van der Waals surface area contributed by atoms with Crippen molar-refractivity contribution in [3.8, 4) is 0 Å². The maximum absolute atomic E-state index is 14.0. The number of nitrogens with two attached hydrogens (primary N) is 1. The molecule has 6 aliphatic heterocycles. The van der Waals surface area contributed by atoms with Crippen LogP contribution in [0.15, 0.2) is 46.5 Å². The number of primary amides is 1. The summed E-state index contributed by atoms with van der Waals surface area (Å²) >= 11 is 0. The van der Waals surface area contributed by atoms with Gasteiger partial charge in [0, 0.05) is 17.7 Å². The van der Waals surface area contributed by atoms with E-state index < -0.39 is 45.9 Å². The first kappa shape index (κ1) is 34.4. The molecule has 6 aliphatic rings. The number of hydrogen-bond donors (Lipinski definition) is 3. The molecule has 46 heavy (non-hydrogen) atoms. The highest BCUT2D eigenvalue weighted by molar-refractivity contribution is 7.93. The van der Waals surface area contributed by atoms with Gasteiger partial charge in [0.1, 0.15) is 45.0 Å². The number of aliphatic hydroxyl groups excluding tert-OH is 1. The van der Waals surface area contributed by atoms with Gasteiger partial charge in [0.05, 0.1) is 41.7 Å². The molecule has 4 saturated heterocycles. The molecule has 0 saturated carbocycles. The van der Waals surface area contributed by atoms with Crippen molar-refractivity contribution in [3.63, 3.8) is 0 Å². The molecule has 6 heterocycles. The van der Waals surface area contributed by atoms with Crippen LogP contribution in [0.5, 0.6) is 0 Å². The smallest absolute Gasteiger partial charge is 0.352 e. The summed E-state index contributed by atoms with van der Waals surface area (Å²) in [6.45, 7) is 10.2. The van der Waals surface area contributed by atoms with Crippen molar-refractivity contribution in [2.24, 2.45) is 17.6 Å². The third-order valence-electron chi connectivity index (χ3n) is 11.2. The number of carboxylic acid groups (broad SMARTS) is 1. The SMILES string of the molecule is C[C@@H](O)[C@H]1C(=O)N2C(C(=O)O)=C(CN3c4ccc(CC[N+]56CC[N+](CC(N)=O)(CC5)CC6)c5cccc(c45)S3(=O)=O)[C@H](C)[C@H]12.[Cl-].[Cl-]. The minimum absolute atomic E-state index is 0. The molecule has 250 valence electrons. The monoisotopic (exact) mass is 695 g/mol. The second-order valence-electron chi connectivity index (χ2n) is 13.5. The predicted octanol–water partition coefficient (Wildman–Crippen LogP) is -5.76. The summed E-state index contributed by atoms with van der Waals surface area (Å²) < 4.78 is 31.0. The summed E-state index contributed by atoms with van der Waals surface area (Å²) in [5, 5.41) is 21.8. The summed E-state index contributed by atoms with van der Waals surface area (Å²) in [4.78, 5) is 38.3. The lowest BCUT2D eigenvalue weighted by atomic mass is 9.78.